The van der Waals surface area contributed by atoms with E-state index in [4.69, 9.17) is 9.15 Å². The van der Waals surface area contributed by atoms with E-state index in [0.717, 1.165) is 22.9 Å². The summed E-state index contributed by atoms with van der Waals surface area (Å²) in [6.45, 7) is 7.13. The number of amides is 1. The number of rotatable bonds is 5. The van der Waals surface area contributed by atoms with Crippen molar-refractivity contribution in [3.05, 3.63) is 47.2 Å². The lowest BCUT2D eigenvalue weighted by Crippen LogP contribution is -2.51. The molecule has 1 aliphatic heterocycles. The molecule has 3 rings (SSSR count). The van der Waals surface area contributed by atoms with Crippen molar-refractivity contribution in [1.82, 2.24) is 9.47 Å². The third-order valence-corrected chi connectivity index (χ3v) is 5.67. The average molecular weight is 376 g/mol. The van der Waals surface area contributed by atoms with Gasteiger partial charge in [0.15, 0.2) is 0 Å². The van der Waals surface area contributed by atoms with E-state index in [1.165, 1.54) is 0 Å². The molecule has 7 heteroatoms. The summed E-state index contributed by atoms with van der Waals surface area (Å²) in [5.74, 6) is 1.81. The lowest BCUT2D eigenvalue weighted by Gasteiger charge is -2.33. The maximum Gasteiger partial charge on any atom is 0.329 e. The molecule has 1 unspecified atom stereocenters. The lowest BCUT2D eigenvalue weighted by atomic mass is 10.1. The zero-order valence-corrected chi connectivity index (χ0v) is 16.2. The van der Waals surface area contributed by atoms with Crippen LogP contribution in [0.2, 0.25) is 0 Å². The molecule has 0 radical (unpaired) electrons. The van der Waals surface area contributed by atoms with Crippen LogP contribution in [0.25, 0.3) is 0 Å². The van der Waals surface area contributed by atoms with E-state index in [-0.39, 0.29) is 11.9 Å². The number of nitrogens with zero attached hydrogens (tertiary/aromatic N) is 2. The van der Waals surface area contributed by atoms with Crippen molar-refractivity contribution in [3.8, 4) is 0 Å². The minimum Gasteiger partial charge on any atom is -0.467 e. The maximum absolute atomic E-state index is 13.2. The predicted molar refractivity (Wildman–Crippen MR) is 100 cm³/mol. The fourth-order valence-corrected chi connectivity index (χ4v) is 4.29. The van der Waals surface area contributed by atoms with Crippen LogP contribution in [-0.2, 0) is 16.1 Å². The van der Waals surface area contributed by atoms with Gasteiger partial charge in [0.1, 0.15) is 11.8 Å². The molecule has 0 aliphatic carbocycles. The Bertz CT molecular complexity index is 782. The van der Waals surface area contributed by atoms with E-state index in [9.17, 15) is 9.59 Å². The fourth-order valence-electron chi connectivity index (χ4n) is 3.25. The molecule has 0 saturated carbocycles. The molecule has 0 N–H and O–H groups in total. The predicted octanol–water partition coefficient (Wildman–Crippen LogP) is 2.87. The Kier molecular flexibility index (Phi) is 5.76. The van der Waals surface area contributed by atoms with E-state index < -0.39 is 6.04 Å². The second-order valence-electron chi connectivity index (χ2n) is 6.29. The number of ether oxygens (including phenoxy) is 1. The molecule has 0 spiro atoms. The Morgan fingerprint density at radius 3 is 2.88 bits per heavy atom. The molecule has 1 aliphatic rings. The first-order chi connectivity index (χ1) is 12.5. The van der Waals surface area contributed by atoms with Crippen molar-refractivity contribution in [3.63, 3.8) is 0 Å². The smallest absolute Gasteiger partial charge is 0.329 e. The van der Waals surface area contributed by atoms with Crippen molar-refractivity contribution in [2.75, 3.05) is 24.7 Å². The molecule has 26 heavy (non-hydrogen) atoms. The highest BCUT2D eigenvalue weighted by atomic mass is 32.2. The van der Waals surface area contributed by atoms with E-state index in [1.54, 1.807) is 29.8 Å². The Morgan fingerprint density at radius 2 is 2.19 bits per heavy atom. The first-order valence-electron chi connectivity index (χ1n) is 8.77. The zero-order valence-electron chi connectivity index (χ0n) is 15.4. The molecule has 0 aromatic carbocycles. The van der Waals surface area contributed by atoms with Crippen LogP contribution in [0.5, 0.6) is 0 Å². The van der Waals surface area contributed by atoms with Gasteiger partial charge in [-0.25, -0.2) is 4.79 Å². The normalized spacial score (nSPS) is 17.3. The van der Waals surface area contributed by atoms with Gasteiger partial charge in [0.2, 0.25) is 0 Å². The van der Waals surface area contributed by atoms with Crippen LogP contribution in [0.3, 0.4) is 0 Å². The van der Waals surface area contributed by atoms with Gasteiger partial charge >= 0.3 is 5.97 Å². The van der Waals surface area contributed by atoms with Crippen LogP contribution in [0, 0.1) is 13.8 Å². The highest BCUT2D eigenvalue weighted by Crippen LogP contribution is 2.24. The summed E-state index contributed by atoms with van der Waals surface area (Å²) in [6.07, 6.45) is 1.64. The highest BCUT2D eigenvalue weighted by molar-refractivity contribution is 7.99. The van der Waals surface area contributed by atoms with E-state index in [0.29, 0.717) is 31.0 Å². The fraction of sp³-hybridized carbons (Fsp3) is 0.474. The van der Waals surface area contributed by atoms with Crippen LogP contribution in [-0.4, -0.2) is 52.0 Å². The first kappa shape index (κ1) is 18.6. The van der Waals surface area contributed by atoms with Crippen LogP contribution in [0.15, 0.2) is 28.9 Å². The van der Waals surface area contributed by atoms with Crippen molar-refractivity contribution >= 4 is 23.6 Å². The minimum atomic E-state index is -0.519. The van der Waals surface area contributed by atoms with Crippen LogP contribution < -0.4 is 0 Å². The number of carbonyl (C=O) groups is 2. The number of hydrogen-bond acceptors (Lipinski definition) is 5. The van der Waals surface area contributed by atoms with Gasteiger partial charge in [-0.15, -0.1) is 0 Å². The van der Waals surface area contributed by atoms with Crippen LogP contribution in [0.4, 0.5) is 0 Å². The third kappa shape index (κ3) is 3.67. The van der Waals surface area contributed by atoms with Gasteiger partial charge in [0.05, 0.1) is 25.0 Å². The Morgan fingerprint density at radius 1 is 1.38 bits per heavy atom. The van der Waals surface area contributed by atoms with Gasteiger partial charge in [-0.05, 0) is 39.0 Å². The van der Waals surface area contributed by atoms with Gasteiger partial charge in [-0.2, -0.15) is 11.8 Å². The number of aromatic nitrogens is 1. The lowest BCUT2D eigenvalue weighted by molar-refractivity contribution is -0.147. The molecular formula is C19H24N2O4S. The van der Waals surface area contributed by atoms with Crippen LogP contribution in [0.1, 0.15) is 34.4 Å². The summed E-state index contributed by atoms with van der Waals surface area (Å²) in [4.78, 5) is 27.1. The first-order valence-corrected chi connectivity index (χ1v) is 9.92. The molecule has 2 aromatic heterocycles. The molecule has 1 atom stereocenters. The number of esters is 1. The Balaban J connectivity index is 1.85. The molecule has 0 bridgehead atoms. The molecule has 6 nitrogen and oxygen atoms in total. The molecule has 1 saturated heterocycles. The average Bonchev–Trinajstić information content (AvgIpc) is 3.25. The quantitative estimate of drug-likeness (QED) is 0.751. The minimum absolute atomic E-state index is 0.109. The third-order valence-electron chi connectivity index (χ3n) is 4.65. The van der Waals surface area contributed by atoms with Crippen LogP contribution >= 0.6 is 11.8 Å². The summed E-state index contributed by atoms with van der Waals surface area (Å²) >= 11 is 1.68. The van der Waals surface area contributed by atoms with E-state index >= 15 is 0 Å². The van der Waals surface area contributed by atoms with Crippen molar-refractivity contribution < 1.29 is 18.7 Å². The van der Waals surface area contributed by atoms with Crippen molar-refractivity contribution in [1.29, 1.82) is 0 Å². The molecule has 1 amide bonds. The number of thioether (sulfide) groups is 1. The van der Waals surface area contributed by atoms with Gasteiger partial charge in [-0.1, -0.05) is 0 Å². The molecule has 1 fully saturated rings. The topological polar surface area (TPSA) is 64.7 Å². The highest BCUT2D eigenvalue weighted by Gasteiger charge is 2.35. The Hall–Kier alpha value is -2.15. The van der Waals surface area contributed by atoms with Gasteiger partial charge in [-0.3, -0.25) is 4.79 Å². The van der Waals surface area contributed by atoms with Gasteiger partial charge in [0.25, 0.3) is 5.91 Å². The summed E-state index contributed by atoms with van der Waals surface area (Å²) in [6, 6.07) is 5.14. The van der Waals surface area contributed by atoms with E-state index in [2.05, 4.69) is 4.57 Å². The monoisotopic (exact) mass is 376 g/mol. The zero-order chi connectivity index (χ0) is 18.7. The molecular weight excluding hydrogens is 352 g/mol. The summed E-state index contributed by atoms with van der Waals surface area (Å²) in [5, 5.41) is 0. The van der Waals surface area contributed by atoms with Crippen molar-refractivity contribution in [2.45, 2.75) is 33.4 Å². The largest absolute Gasteiger partial charge is 0.467 e. The molecule has 3 heterocycles. The summed E-state index contributed by atoms with van der Waals surface area (Å²) in [7, 11) is 0. The summed E-state index contributed by atoms with van der Waals surface area (Å²) in [5.41, 5.74) is 2.50. The molecule has 140 valence electrons. The second kappa shape index (κ2) is 8.03. The maximum atomic E-state index is 13.2. The molecule has 2 aromatic rings. The van der Waals surface area contributed by atoms with Gasteiger partial charge < -0.3 is 18.6 Å². The number of furan rings is 1. The van der Waals surface area contributed by atoms with Gasteiger partial charge in [0, 0.05) is 29.4 Å². The Labute approximate surface area is 157 Å². The number of aryl methyl sites for hydroxylation is 1. The number of hydrogen-bond donors (Lipinski definition) is 0. The standard InChI is InChI=1S/C19H24N2O4S/c1-4-24-19(23)17-12-26-9-7-20(17)18(22)16-10-13(2)21(14(16)3)11-15-6-5-8-25-15/h5-6,8,10,17H,4,7,9,11-12H2,1-3H3. The van der Waals surface area contributed by atoms with Crippen molar-refractivity contribution in [2.24, 2.45) is 0 Å². The van der Waals surface area contributed by atoms with E-state index in [1.807, 2.05) is 32.0 Å². The second-order valence-corrected chi connectivity index (χ2v) is 7.44. The number of carbonyl (C=O) groups excluding carboxylic acids is 2. The summed E-state index contributed by atoms with van der Waals surface area (Å²) < 4.78 is 12.7. The SMILES string of the molecule is CCOC(=O)C1CSCCN1C(=O)c1cc(C)n(Cc2ccco2)c1C.